The molecule has 22 heavy (non-hydrogen) atoms. The number of carboxylic acids is 1. The van der Waals surface area contributed by atoms with Gasteiger partial charge in [0.25, 0.3) is 5.69 Å². The van der Waals surface area contributed by atoms with E-state index in [0.29, 0.717) is 4.90 Å². The van der Waals surface area contributed by atoms with Crippen LogP contribution >= 0.6 is 15.9 Å². The van der Waals surface area contributed by atoms with Gasteiger partial charge in [-0.3, -0.25) is 14.3 Å². The number of benzene rings is 2. The quantitative estimate of drug-likeness (QED) is 0.630. The summed E-state index contributed by atoms with van der Waals surface area (Å²) in [4.78, 5) is 21.8. The summed E-state index contributed by atoms with van der Waals surface area (Å²) in [7, 11) is -1.46. The van der Waals surface area contributed by atoms with Crippen LogP contribution in [-0.4, -0.2) is 20.2 Å². The van der Waals surface area contributed by atoms with Crippen LogP contribution in [0.15, 0.2) is 51.8 Å². The van der Waals surface area contributed by atoms with Crippen molar-refractivity contribution in [2.24, 2.45) is 0 Å². The van der Waals surface area contributed by atoms with E-state index in [2.05, 4.69) is 15.9 Å². The third-order valence-corrected chi connectivity index (χ3v) is 4.79. The second-order valence-corrected chi connectivity index (χ2v) is 6.72. The Bertz CT molecular complexity index is 760. The third-order valence-electron chi connectivity index (χ3n) is 2.89. The van der Waals surface area contributed by atoms with Crippen LogP contribution in [-0.2, 0) is 16.6 Å². The number of rotatable bonds is 5. The van der Waals surface area contributed by atoms with Gasteiger partial charge >= 0.3 is 5.97 Å². The molecule has 0 amide bonds. The van der Waals surface area contributed by atoms with Gasteiger partial charge in [0, 0.05) is 21.0 Å². The van der Waals surface area contributed by atoms with Gasteiger partial charge in [0.1, 0.15) is 0 Å². The number of carboxylic acid groups (broad SMARTS) is 1. The van der Waals surface area contributed by atoms with Gasteiger partial charge in [-0.15, -0.1) is 0 Å². The number of halogens is 1. The second kappa shape index (κ2) is 6.80. The maximum Gasteiger partial charge on any atom is 0.335 e. The van der Waals surface area contributed by atoms with Gasteiger partial charge in [0.15, 0.2) is 0 Å². The Kier molecular flexibility index (Phi) is 5.04. The first-order valence-electron chi connectivity index (χ1n) is 6.03. The molecule has 114 valence electrons. The topological polar surface area (TPSA) is 97.5 Å². The maximum absolute atomic E-state index is 12.3. The first-order chi connectivity index (χ1) is 10.4. The highest BCUT2D eigenvalue weighted by Gasteiger charge is 2.19. The predicted octanol–water partition coefficient (Wildman–Crippen LogP) is 3.36. The molecule has 0 aliphatic rings. The zero-order valence-electron chi connectivity index (χ0n) is 11.1. The minimum absolute atomic E-state index is 0.0577. The number of aromatic carboxylic acids is 1. The molecule has 8 heteroatoms. The van der Waals surface area contributed by atoms with Crippen LogP contribution in [0, 0.1) is 10.1 Å². The largest absolute Gasteiger partial charge is 0.478 e. The molecule has 0 radical (unpaired) electrons. The summed E-state index contributed by atoms with van der Waals surface area (Å²) in [6, 6.07) is 10.4. The molecule has 0 aromatic heterocycles. The number of hydrogen-bond donors (Lipinski definition) is 1. The van der Waals surface area contributed by atoms with Crippen molar-refractivity contribution < 1.29 is 19.0 Å². The molecule has 0 spiro atoms. The Balaban J connectivity index is 2.32. The highest BCUT2D eigenvalue weighted by Crippen LogP contribution is 2.24. The molecule has 0 saturated heterocycles. The normalized spacial score (nSPS) is 11.9. The van der Waals surface area contributed by atoms with Crippen LogP contribution < -0.4 is 0 Å². The summed E-state index contributed by atoms with van der Waals surface area (Å²) < 4.78 is 13.1. The van der Waals surface area contributed by atoms with Crippen molar-refractivity contribution in [2.45, 2.75) is 10.6 Å². The smallest absolute Gasteiger partial charge is 0.335 e. The van der Waals surface area contributed by atoms with E-state index in [1.807, 2.05) is 0 Å². The second-order valence-electron chi connectivity index (χ2n) is 4.35. The predicted molar refractivity (Wildman–Crippen MR) is 84.3 cm³/mol. The van der Waals surface area contributed by atoms with Gasteiger partial charge < -0.3 is 5.11 Å². The summed E-state index contributed by atoms with van der Waals surface area (Å²) >= 11 is 3.27. The van der Waals surface area contributed by atoms with E-state index in [0.717, 1.165) is 10.5 Å². The Morgan fingerprint density at radius 1 is 1.23 bits per heavy atom. The molecule has 1 unspecified atom stereocenters. The van der Waals surface area contributed by atoms with E-state index >= 15 is 0 Å². The van der Waals surface area contributed by atoms with Crippen molar-refractivity contribution in [2.75, 3.05) is 0 Å². The molecule has 1 atom stereocenters. The average Bonchev–Trinajstić information content (AvgIpc) is 2.47. The Morgan fingerprint density at radius 3 is 2.41 bits per heavy atom. The van der Waals surface area contributed by atoms with Crippen LogP contribution in [0.3, 0.4) is 0 Å². The molecule has 1 N–H and O–H groups in total. The summed E-state index contributed by atoms with van der Waals surface area (Å²) in [5, 5.41) is 19.9. The van der Waals surface area contributed by atoms with Gasteiger partial charge in [0.2, 0.25) is 0 Å². The molecule has 6 nitrogen and oxygen atoms in total. The lowest BCUT2D eigenvalue weighted by Gasteiger charge is -2.05. The van der Waals surface area contributed by atoms with E-state index in [4.69, 9.17) is 5.11 Å². The van der Waals surface area contributed by atoms with Crippen LogP contribution in [0.1, 0.15) is 15.9 Å². The molecular formula is C14H10BrNO5S. The molecule has 0 heterocycles. The molecular weight excluding hydrogens is 374 g/mol. The standard InChI is InChI=1S/C14H10BrNO5S/c15-11-3-5-12(6-4-11)22(21)8-10-2-1-9(14(17)18)7-13(10)16(19)20/h1-7H,8H2,(H,17,18). The Hall–Kier alpha value is -2.06. The van der Waals surface area contributed by atoms with Crippen LogP contribution in [0.2, 0.25) is 0 Å². The van der Waals surface area contributed by atoms with Crippen molar-refractivity contribution in [1.29, 1.82) is 0 Å². The lowest BCUT2D eigenvalue weighted by atomic mass is 10.1. The summed E-state index contributed by atoms with van der Waals surface area (Å²) in [6.07, 6.45) is 0. The van der Waals surface area contributed by atoms with E-state index in [1.165, 1.54) is 12.1 Å². The molecule has 0 bridgehead atoms. The number of nitrogens with zero attached hydrogens (tertiary/aromatic N) is 1. The monoisotopic (exact) mass is 383 g/mol. The molecule has 2 rings (SSSR count). The van der Waals surface area contributed by atoms with Gasteiger partial charge in [0.05, 0.1) is 27.0 Å². The Morgan fingerprint density at radius 2 is 1.86 bits per heavy atom. The zero-order chi connectivity index (χ0) is 16.3. The van der Waals surface area contributed by atoms with Crippen molar-refractivity contribution in [3.63, 3.8) is 0 Å². The minimum Gasteiger partial charge on any atom is -0.478 e. The lowest BCUT2D eigenvalue weighted by molar-refractivity contribution is -0.385. The molecule has 2 aromatic carbocycles. The fourth-order valence-corrected chi connectivity index (χ4v) is 3.20. The molecule has 2 aromatic rings. The van der Waals surface area contributed by atoms with Crippen LogP contribution in [0.4, 0.5) is 5.69 Å². The van der Waals surface area contributed by atoms with Crippen LogP contribution in [0.25, 0.3) is 0 Å². The first kappa shape index (κ1) is 16.3. The molecule has 0 fully saturated rings. The lowest BCUT2D eigenvalue weighted by Crippen LogP contribution is -2.04. The third kappa shape index (κ3) is 3.77. The number of nitro benzene ring substituents is 1. The maximum atomic E-state index is 12.3. The van der Waals surface area contributed by atoms with Crippen molar-refractivity contribution in [3.05, 3.63) is 68.2 Å². The van der Waals surface area contributed by atoms with E-state index in [1.54, 1.807) is 24.3 Å². The highest BCUT2D eigenvalue weighted by atomic mass is 79.9. The number of carbonyl (C=O) groups is 1. The molecule has 0 saturated carbocycles. The zero-order valence-corrected chi connectivity index (χ0v) is 13.5. The van der Waals surface area contributed by atoms with Crippen molar-refractivity contribution >= 4 is 38.4 Å². The van der Waals surface area contributed by atoms with E-state index in [-0.39, 0.29) is 22.6 Å². The number of nitro groups is 1. The summed E-state index contributed by atoms with van der Waals surface area (Å²) in [6.45, 7) is 0. The van der Waals surface area contributed by atoms with Gasteiger partial charge in [-0.25, -0.2) is 4.79 Å². The fourth-order valence-electron chi connectivity index (χ4n) is 1.80. The van der Waals surface area contributed by atoms with Crippen molar-refractivity contribution in [3.8, 4) is 0 Å². The number of hydrogen-bond acceptors (Lipinski definition) is 4. The van der Waals surface area contributed by atoms with Gasteiger partial charge in [-0.05, 0) is 30.3 Å². The van der Waals surface area contributed by atoms with Crippen molar-refractivity contribution in [1.82, 2.24) is 0 Å². The van der Waals surface area contributed by atoms with Crippen LogP contribution in [0.5, 0.6) is 0 Å². The van der Waals surface area contributed by atoms with Gasteiger partial charge in [-0.1, -0.05) is 22.0 Å². The first-order valence-corrected chi connectivity index (χ1v) is 8.14. The molecule has 0 aliphatic heterocycles. The molecule has 0 aliphatic carbocycles. The average molecular weight is 384 g/mol. The minimum atomic E-state index is -1.46. The fraction of sp³-hybridized carbons (Fsp3) is 0.0714. The van der Waals surface area contributed by atoms with E-state index < -0.39 is 21.7 Å². The van der Waals surface area contributed by atoms with E-state index in [9.17, 15) is 19.1 Å². The summed E-state index contributed by atoms with van der Waals surface area (Å²) in [5.41, 5.74) is -0.286. The van der Waals surface area contributed by atoms with Gasteiger partial charge in [-0.2, -0.15) is 0 Å². The summed E-state index contributed by atoms with van der Waals surface area (Å²) in [5.74, 6) is -1.30. The SMILES string of the molecule is O=C(O)c1ccc(CS(=O)c2ccc(Br)cc2)c([N+](=O)[O-])c1. The Labute approximate surface area is 136 Å². The highest BCUT2D eigenvalue weighted by molar-refractivity contribution is 9.10.